The highest BCUT2D eigenvalue weighted by atomic mass is 16.3. The highest BCUT2D eigenvalue weighted by Gasteiger charge is 2.33. The van der Waals surface area contributed by atoms with E-state index < -0.39 is 12.0 Å². The number of carbonyl (C=O) groups excluding carboxylic acids is 1. The Morgan fingerprint density at radius 2 is 1.51 bits per heavy atom. The maximum atomic E-state index is 14.5. The van der Waals surface area contributed by atoms with Crippen LogP contribution in [0.4, 0.5) is 0 Å². The van der Waals surface area contributed by atoms with E-state index in [1.807, 2.05) is 105 Å². The molecule has 0 aliphatic heterocycles. The number of hydrogen-bond donors (Lipinski definition) is 0. The second-order valence-corrected chi connectivity index (χ2v) is 9.01. The number of furan rings is 1. The molecule has 1 unspecified atom stereocenters. The molecule has 0 aliphatic carbocycles. The Bertz CT molecular complexity index is 1500. The van der Waals surface area contributed by atoms with Gasteiger partial charge in [0.25, 0.3) is 5.56 Å². The predicted octanol–water partition coefficient (Wildman–Crippen LogP) is 5.93. The van der Waals surface area contributed by atoms with Crippen LogP contribution in [0.2, 0.25) is 0 Å². The lowest BCUT2D eigenvalue weighted by atomic mass is 9.89. The van der Waals surface area contributed by atoms with E-state index in [1.165, 1.54) is 0 Å². The minimum atomic E-state index is -0.526. The van der Waals surface area contributed by atoms with Gasteiger partial charge in [-0.05, 0) is 49.2 Å². The zero-order valence-corrected chi connectivity index (χ0v) is 21.0. The Morgan fingerprint density at radius 3 is 2.11 bits per heavy atom. The minimum absolute atomic E-state index is 0.0913. The van der Waals surface area contributed by atoms with Crippen LogP contribution in [0.25, 0.3) is 10.9 Å². The Morgan fingerprint density at radius 1 is 0.892 bits per heavy atom. The normalized spacial score (nSPS) is 12.1. The van der Waals surface area contributed by atoms with Gasteiger partial charge in [-0.3, -0.25) is 14.2 Å². The molecule has 0 saturated carbocycles. The smallest absolute Gasteiger partial charge is 0.261 e. The number of fused-ring (bicyclic) bond motifs is 1. The molecule has 0 radical (unpaired) electrons. The molecule has 1 atom stereocenters. The first-order chi connectivity index (χ1) is 18.1. The van der Waals surface area contributed by atoms with E-state index >= 15 is 0 Å². The van der Waals surface area contributed by atoms with E-state index in [1.54, 1.807) is 21.8 Å². The number of benzene rings is 3. The molecule has 0 saturated heterocycles. The first kappa shape index (κ1) is 24.3. The van der Waals surface area contributed by atoms with Gasteiger partial charge in [0.05, 0.1) is 35.7 Å². The van der Waals surface area contributed by atoms with Crippen LogP contribution in [0, 0.1) is 0 Å². The van der Waals surface area contributed by atoms with Crippen molar-refractivity contribution in [2.75, 3.05) is 0 Å². The van der Waals surface area contributed by atoms with Crippen molar-refractivity contribution in [3.63, 3.8) is 0 Å². The van der Waals surface area contributed by atoms with Gasteiger partial charge in [0.2, 0.25) is 5.91 Å². The molecular weight excluding hydrogens is 462 g/mol. The van der Waals surface area contributed by atoms with Gasteiger partial charge >= 0.3 is 0 Å². The molecule has 5 aromatic rings. The second kappa shape index (κ2) is 10.7. The molecule has 2 aromatic heterocycles. The van der Waals surface area contributed by atoms with Crippen LogP contribution in [0.3, 0.4) is 0 Å². The summed E-state index contributed by atoms with van der Waals surface area (Å²) in [5.41, 5.74) is 2.31. The van der Waals surface area contributed by atoms with Gasteiger partial charge < -0.3 is 9.32 Å². The molecule has 0 N–H and O–H groups in total. The summed E-state index contributed by atoms with van der Waals surface area (Å²) in [6.45, 7) is 4.54. The van der Waals surface area contributed by atoms with Crippen LogP contribution in [0.15, 0.2) is 113 Å². The van der Waals surface area contributed by atoms with E-state index in [4.69, 9.17) is 9.40 Å². The van der Waals surface area contributed by atoms with Gasteiger partial charge in [-0.1, -0.05) is 72.8 Å². The zero-order valence-electron chi connectivity index (χ0n) is 21.0. The largest absolute Gasteiger partial charge is 0.467 e. The number of amides is 1. The Balaban J connectivity index is 1.65. The van der Waals surface area contributed by atoms with Crippen molar-refractivity contribution in [3.8, 4) is 0 Å². The Hall–Kier alpha value is -4.45. The summed E-state index contributed by atoms with van der Waals surface area (Å²) < 4.78 is 7.32. The number of aromatic nitrogens is 2. The average Bonchev–Trinajstić information content (AvgIpc) is 3.46. The Labute approximate surface area is 215 Å². The first-order valence-electron chi connectivity index (χ1n) is 12.5. The quantitative estimate of drug-likeness (QED) is 0.270. The highest BCUT2D eigenvalue weighted by molar-refractivity contribution is 5.87. The molecule has 37 heavy (non-hydrogen) atoms. The van der Waals surface area contributed by atoms with Gasteiger partial charge in [0.1, 0.15) is 11.6 Å². The average molecular weight is 492 g/mol. The van der Waals surface area contributed by atoms with E-state index in [0.29, 0.717) is 29.0 Å². The SMILES string of the molecule is CCn1c(C(C)N(Cc2ccco2)C(=O)C(c2ccccc2)c2ccccc2)nc2ccccc2c1=O. The monoisotopic (exact) mass is 491 g/mol. The van der Waals surface area contributed by atoms with Gasteiger partial charge in [-0.2, -0.15) is 0 Å². The number of para-hydroxylation sites is 1. The second-order valence-electron chi connectivity index (χ2n) is 9.01. The molecule has 0 aliphatic rings. The van der Waals surface area contributed by atoms with Gasteiger partial charge in [-0.15, -0.1) is 0 Å². The molecule has 2 heterocycles. The molecule has 1 amide bonds. The minimum Gasteiger partial charge on any atom is -0.467 e. The van der Waals surface area contributed by atoms with Crippen molar-refractivity contribution < 1.29 is 9.21 Å². The summed E-state index contributed by atoms with van der Waals surface area (Å²) >= 11 is 0. The zero-order chi connectivity index (χ0) is 25.8. The predicted molar refractivity (Wildman–Crippen MR) is 144 cm³/mol. The van der Waals surface area contributed by atoms with Crippen molar-refractivity contribution in [2.45, 2.75) is 38.9 Å². The Kier molecular flexibility index (Phi) is 6.99. The fourth-order valence-electron chi connectivity index (χ4n) is 4.86. The molecule has 3 aromatic carbocycles. The fourth-order valence-corrected chi connectivity index (χ4v) is 4.86. The summed E-state index contributed by atoms with van der Waals surface area (Å²) in [5, 5.41) is 0.565. The molecule has 6 heteroatoms. The standard InChI is InChI=1S/C31H29N3O3/c1-3-33-29(32-27-19-11-10-18-26(27)30(33)35)22(2)34(21-25-17-12-20-37-25)31(36)28(23-13-6-4-7-14-23)24-15-8-5-9-16-24/h4-20,22,28H,3,21H2,1-2H3. The van der Waals surface area contributed by atoms with Crippen LogP contribution >= 0.6 is 0 Å². The lowest BCUT2D eigenvalue weighted by molar-refractivity contribution is -0.135. The lowest BCUT2D eigenvalue weighted by Crippen LogP contribution is -2.40. The first-order valence-corrected chi connectivity index (χ1v) is 12.5. The van der Waals surface area contributed by atoms with Gasteiger partial charge in [0, 0.05) is 6.54 Å². The van der Waals surface area contributed by atoms with Crippen LogP contribution in [0.1, 0.15) is 48.5 Å². The van der Waals surface area contributed by atoms with Crippen LogP contribution in [-0.2, 0) is 17.9 Å². The van der Waals surface area contributed by atoms with E-state index in [9.17, 15) is 9.59 Å². The van der Waals surface area contributed by atoms with Crippen molar-refractivity contribution in [1.82, 2.24) is 14.5 Å². The summed E-state index contributed by atoms with van der Waals surface area (Å²) in [7, 11) is 0. The molecular formula is C31H29N3O3. The fraction of sp³-hybridized carbons (Fsp3) is 0.194. The van der Waals surface area contributed by atoms with Crippen molar-refractivity contribution in [3.05, 3.63) is 136 Å². The van der Waals surface area contributed by atoms with Crippen LogP contribution in [-0.4, -0.2) is 20.4 Å². The lowest BCUT2D eigenvalue weighted by Gasteiger charge is -2.33. The topological polar surface area (TPSA) is 68.3 Å². The van der Waals surface area contributed by atoms with E-state index in [0.717, 1.165) is 11.1 Å². The van der Waals surface area contributed by atoms with Crippen LogP contribution < -0.4 is 5.56 Å². The third-order valence-electron chi connectivity index (χ3n) is 6.75. The van der Waals surface area contributed by atoms with Crippen molar-refractivity contribution in [2.24, 2.45) is 0 Å². The molecule has 6 nitrogen and oxygen atoms in total. The third-order valence-corrected chi connectivity index (χ3v) is 6.75. The maximum Gasteiger partial charge on any atom is 0.261 e. The van der Waals surface area contributed by atoms with Gasteiger partial charge in [0.15, 0.2) is 0 Å². The summed E-state index contributed by atoms with van der Waals surface area (Å²) in [4.78, 5) is 34.5. The third kappa shape index (κ3) is 4.83. The molecule has 0 fully saturated rings. The van der Waals surface area contributed by atoms with Crippen molar-refractivity contribution in [1.29, 1.82) is 0 Å². The van der Waals surface area contributed by atoms with Crippen LogP contribution in [0.5, 0.6) is 0 Å². The van der Waals surface area contributed by atoms with E-state index in [-0.39, 0.29) is 18.0 Å². The summed E-state index contributed by atoms with van der Waals surface area (Å²) in [5.74, 6) is 0.589. The van der Waals surface area contributed by atoms with Gasteiger partial charge in [-0.25, -0.2) is 4.98 Å². The number of carbonyl (C=O) groups is 1. The number of rotatable bonds is 8. The molecule has 0 bridgehead atoms. The van der Waals surface area contributed by atoms with E-state index in [2.05, 4.69) is 0 Å². The highest BCUT2D eigenvalue weighted by Crippen LogP contribution is 2.32. The summed E-state index contributed by atoms with van der Waals surface area (Å²) in [6.07, 6.45) is 1.60. The summed E-state index contributed by atoms with van der Waals surface area (Å²) in [6, 6.07) is 30.1. The molecule has 186 valence electrons. The van der Waals surface area contributed by atoms with Crippen molar-refractivity contribution >= 4 is 16.8 Å². The molecule has 5 rings (SSSR count). The number of hydrogen-bond acceptors (Lipinski definition) is 4. The molecule has 0 spiro atoms. The number of nitrogens with zero attached hydrogens (tertiary/aromatic N) is 3. The maximum absolute atomic E-state index is 14.5.